The zero-order valence-corrected chi connectivity index (χ0v) is 11.4. The number of hydrogen-bond acceptors (Lipinski definition) is 3. The average molecular weight is 267 g/mol. The first-order valence-corrected chi connectivity index (χ1v) is 6.58. The molecule has 0 aliphatic rings. The van der Waals surface area contributed by atoms with Gasteiger partial charge in [0.25, 0.3) is 0 Å². The number of rotatable bonds is 4. The Kier molecular flexibility index (Phi) is 3.39. The monoisotopic (exact) mass is 267 g/mol. The van der Waals surface area contributed by atoms with Gasteiger partial charge in [-0.25, -0.2) is 4.98 Å². The lowest BCUT2D eigenvalue weighted by atomic mass is 10.0. The summed E-state index contributed by atoms with van der Waals surface area (Å²) >= 11 is 0. The molecule has 2 N–H and O–H groups in total. The summed E-state index contributed by atoms with van der Waals surface area (Å²) in [7, 11) is 1.95. The van der Waals surface area contributed by atoms with E-state index in [0.29, 0.717) is 13.2 Å². The van der Waals surface area contributed by atoms with Gasteiger partial charge in [0.2, 0.25) is 0 Å². The largest absolute Gasteiger partial charge is 0.487 e. The first kappa shape index (κ1) is 12.7. The van der Waals surface area contributed by atoms with E-state index < -0.39 is 0 Å². The van der Waals surface area contributed by atoms with Gasteiger partial charge in [-0.15, -0.1) is 0 Å². The van der Waals surface area contributed by atoms with Crippen LogP contribution in [0.2, 0.25) is 0 Å². The van der Waals surface area contributed by atoms with Gasteiger partial charge in [-0.1, -0.05) is 30.3 Å². The van der Waals surface area contributed by atoms with Crippen LogP contribution >= 0.6 is 0 Å². The van der Waals surface area contributed by atoms with E-state index in [1.807, 2.05) is 36.0 Å². The van der Waals surface area contributed by atoms with E-state index in [9.17, 15) is 0 Å². The maximum absolute atomic E-state index is 5.92. The summed E-state index contributed by atoms with van der Waals surface area (Å²) in [5, 5.41) is 2.33. The molecule has 1 aromatic heterocycles. The van der Waals surface area contributed by atoms with Crippen molar-refractivity contribution in [3.8, 4) is 5.75 Å². The minimum atomic E-state index is 0.460. The summed E-state index contributed by atoms with van der Waals surface area (Å²) in [5.74, 6) is 0.840. The minimum absolute atomic E-state index is 0.460. The van der Waals surface area contributed by atoms with Crippen molar-refractivity contribution >= 4 is 10.8 Å². The van der Waals surface area contributed by atoms with Crippen LogP contribution in [0.25, 0.3) is 10.8 Å². The fraction of sp³-hybridized carbons (Fsp3) is 0.188. The third-order valence-corrected chi connectivity index (χ3v) is 3.49. The Morgan fingerprint density at radius 2 is 2.05 bits per heavy atom. The lowest BCUT2D eigenvalue weighted by molar-refractivity contribution is 0.294. The van der Waals surface area contributed by atoms with Gasteiger partial charge in [0.1, 0.15) is 12.4 Å². The van der Waals surface area contributed by atoms with Crippen molar-refractivity contribution in [1.29, 1.82) is 0 Å². The van der Waals surface area contributed by atoms with Gasteiger partial charge in [-0.05, 0) is 16.8 Å². The van der Waals surface area contributed by atoms with Gasteiger partial charge >= 0.3 is 0 Å². The second-order valence-corrected chi connectivity index (χ2v) is 4.75. The second kappa shape index (κ2) is 5.35. The van der Waals surface area contributed by atoms with E-state index in [0.717, 1.165) is 22.4 Å². The minimum Gasteiger partial charge on any atom is -0.487 e. The number of nitrogens with zero attached hydrogens (tertiary/aromatic N) is 2. The van der Waals surface area contributed by atoms with Crippen LogP contribution in [0, 0.1) is 0 Å². The van der Waals surface area contributed by atoms with Crippen molar-refractivity contribution in [2.75, 3.05) is 0 Å². The molecule has 0 aliphatic heterocycles. The van der Waals surface area contributed by atoms with Crippen LogP contribution in [0.1, 0.15) is 11.3 Å². The molecular weight excluding hydrogens is 250 g/mol. The summed E-state index contributed by atoms with van der Waals surface area (Å²) in [6, 6.07) is 12.3. The molecule has 0 unspecified atom stereocenters. The predicted molar refractivity (Wildman–Crippen MR) is 79.4 cm³/mol. The maximum atomic E-state index is 5.92. The highest BCUT2D eigenvalue weighted by atomic mass is 16.5. The number of imidazole rings is 1. The van der Waals surface area contributed by atoms with Gasteiger partial charge < -0.3 is 15.0 Å². The first-order valence-electron chi connectivity index (χ1n) is 6.58. The van der Waals surface area contributed by atoms with Crippen LogP contribution in [0.15, 0.2) is 48.9 Å². The zero-order valence-electron chi connectivity index (χ0n) is 11.4. The van der Waals surface area contributed by atoms with Crippen molar-refractivity contribution in [2.24, 2.45) is 12.8 Å². The Labute approximate surface area is 117 Å². The molecular formula is C16H17N3O. The molecule has 4 nitrogen and oxygen atoms in total. The highest BCUT2D eigenvalue weighted by molar-refractivity contribution is 5.87. The van der Waals surface area contributed by atoms with E-state index in [4.69, 9.17) is 10.5 Å². The molecule has 0 aliphatic carbocycles. The highest BCUT2D eigenvalue weighted by Crippen LogP contribution is 2.28. The van der Waals surface area contributed by atoms with Crippen LogP contribution in [0.5, 0.6) is 5.75 Å². The summed E-state index contributed by atoms with van der Waals surface area (Å²) in [4.78, 5) is 4.08. The molecule has 0 saturated carbocycles. The molecule has 0 fully saturated rings. The van der Waals surface area contributed by atoms with Crippen LogP contribution in [0.4, 0.5) is 0 Å². The number of aromatic nitrogens is 2. The molecule has 0 spiro atoms. The van der Waals surface area contributed by atoms with Crippen LogP contribution in [0.3, 0.4) is 0 Å². The number of aryl methyl sites for hydroxylation is 1. The van der Waals surface area contributed by atoms with Gasteiger partial charge in [0.05, 0.1) is 18.2 Å². The molecule has 0 saturated heterocycles. The fourth-order valence-corrected chi connectivity index (χ4v) is 2.34. The van der Waals surface area contributed by atoms with E-state index in [1.165, 1.54) is 5.39 Å². The van der Waals surface area contributed by atoms with Crippen LogP contribution in [-0.4, -0.2) is 9.55 Å². The van der Waals surface area contributed by atoms with E-state index in [1.54, 1.807) is 6.33 Å². The smallest absolute Gasteiger partial charge is 0.130 e. The summed E-state index contributed by atoms with van der Waals surface area (Å²) < 4.78 is 7.87. The standard InChI is InChI=1S/C16H17N3O/c1-19-11-18-9-13(19)10-20-16-7-6-12-4-2-3-5-14(12)15(16)8-17/h2-7,9,11H,8,10,17H2,1H3. The fourth-order valence-electron chi connectivity index (χ4n) is 2.34. The Morgan fingerprint density at radius 1 is 1.20 bits per heavy atom. The van der Waals surface area contributed by atoms with Crippen molar-refractivity contribution in [3.05, 3.63) is 60.2 Å². The molecule has 3 aromatic rings. The summed E-state index contributed by atoms with van der Waals surface area (Å²) in [6.07, 6.45) is 3.58. The molecule has 1 heterocycles. The topological polar surface area (TPSA) is 53.1 Å². The van der Waals surface area contributed by atoms with Crippen molar-refractivity contribution in [3.63, 3.8) is 0 Å². The van der Waals surface area contributed by atoms with Gasteiger partial charge in [-0.3, -0.25) is 0 Å². The number of fused-ring (bicyclic) bond motifs is 1. The van der Waals surface area contributed by atoms with Crippen molar-refractivity contribution in [1.82, 2.24) is 9.55 Å². The molecule has 0 radical (unpaired) electrons. The third kappa shape index (κ3) is 2.26. The molecule has 4 heteroatoms. The summed E-state index contributed by atoms with van der Waals surface area (Å²) in [6.45, 7) is 0.948. The molecule has 0 bridgehead atoms. The molecule has 3 rings (SSSR count). The lowest BCUT2D eigenvalue weighted by Crippen LogP contribution is -2.05. The molecule has 0 amide bonds. The van der Waals surface area contributed by atoms with Gasteiger partial charge in [0, 0.05) is 19.2 Å². The zero-order chi connectivity index (χ0) is 13.9. The van der Waals surface area contributed by atoms with Crippen LogP contribution in [-0.2, 0) is 20.2 Å². The number of nitrogens with two attached hydrogens (primary N) is 1. The number of ether oxygens (including phenoxy) is 1. The quantitative estimate of drug-likeness (QED) is 0.790. The van der Waals surface area contributed by atoms with E-state index >= 15 is 0 Å². The lowest BCUT2D eigenvalue weighted by Gasteiger charge is -2.13. The molecule has 102 valence electrons. The first-order chi connectivity index (χ1) is 9.79. The number of benzene rings is 2. The van der Waals surface area contributed by atoms with Gasteiger partial charge in [-0.2, -0.15) is 0 Å². The highest BCUT2D eigenvalue weighted by Gasteiger charge is 2.08. The average Bonchev–Trinajstić information content (AvgIpc) is 2.89. The third-order valence-electron chi connectivity index (χ3n) is 3.49. The Balaban J connectivity index is 1.93. The van der Waals surface area contributed by atoms with Crippen molar-refractivity contribution in [2.45, 2.75) is 13.2 Å². The molecule has 2 aromatic carbocycles. The maximum Gasteiger partial charge on any atom is 0.130 e. The Bertz CT molecular complexity index is 733. The Hall–Kier alpha value is -2.33. The molecule has 20 heavy (non-hydrogen) atoms. The van der Waals surface area contributed by atoms with E-state index in [-0.39, 0.29) is 0 Å². The van der Waals surface area contributed by atoms with Crippen molar-refractivity contribution < 1.29 is 4.74 Å². The van der Waals surface area contributed by atoms with E-state index in [2.05, 4.69) is 23.2 Å². The predicted octanol–water partition coefficient (Wildman–Crippen LogP) is 2.61. The SMILES string of the molecule is Cn1cncc1COc1ccc2ccccc2c1CN. The Morgan fingerprint density at radius 3 is 2.80 bits per heavy atom. The molecule has 0 atom stereocenters. The van der Waals surface area contributed by atoms with Crippen LogP contribution < -0.4 is 10.5 Å². The normalized spacial score (nSPS) is 10.9. The summed E-state index contributed by atoms with van der Waals surface area (Å²) in [5.41, 5.74) is 7.97. The second-order valence-electron chi connectivity index (χ2n) is 4.75. The number of hydrogen-bond donors (Lipinski definition) is 1. The van der Waals surface area contributed by atoms with Gasteiger partial charge in [0.15, 0.2) is 0 Å².